The third-order valence-corrected chi connectivity index (χ3v) is 0.655. The molecule has 0 N–H and O–H groups in total. The summed E-state index contributed by atoms with van der Waals surface area (Å²) in [6.07, 6.45) is 9.50. The van der Waals surface area contributed by atoms with Gasteiger partial charge in [0.05, 0.1) is 0 Å². The Hall–Kier alpha value is 0.142. The summed E-state index contributed by atoms with van der Waals surface area (Å²) in [5, 5.41) is 0. The van der Waals surface area contributed by atoms with Crippen molar-refractivity contribution in [3.63, 3.8) is 0 Å². The van der Waals surface area contributed by atoms with Crippen molar-refractivity contribution < 1.29 is 20.4 Å². The molecule has 0 heterocycles. The predicted molar refractivity (Wildman–Crippen MR) is 22.9 cm³/mol. The minimum absolute atomic E-state index is 0. The first-order valence-electron chi connectivity index (χ1n) is 1.82. The summed E-state index contributed by atoms with van der Waals surface area (Å²) in [5.41, 5.74) is 0. The minimum atomic E-state index is 0. The van der Waals surface area contributed by atoms with E-state index < -0.39 is 0 Å². The Morgan fingerprint density at radius 1 is 1.00 bits per heavy atom. The van der Waals surface area contributed by atoms with Crippen LogP contribution in [-0.4, -0.2) is 0 Å². The first-order chi connectivity index (χ1) is 2.50. The van der Waals surface area contributed by atoms with Crippen molar-refractivity contribution in [1.82, 2.24) is 0 Å². The molecule has 0 saturated carbocycles. The monoisotopic (exact) mass is 172 g/mol. The van der Waals surface area contributed by atoms with Crippen molar-refractivity contribution in [2.75, 3.05) is 0 Å². The summed E-state index contributed by atoms with van der Waals surface area (Å²) < 4.78 is 0. The van der Waals surface area contributed by atoms with Crippen LogP contribution in [0.25, 0.3) is 0 Å². The molecule has 0 saturated heterocycles. The molecule has 1 heteroatoms. The third kappa shape index (κ3) is 1.55. The molecule has 0 aromatic carbocycles. The van der Waals surface area contributed by atoms with Gasteiger partial charge in [0.15, 0.2) is 0 Å². The molecule has 0 aliphatic heterocycles. The Morgan fingerprint density at radius 2 is 1.50 bits per heavy atom. The van der Waals surface area contributed by atoms with E-state index in [9.17, 15) is 0 Å². The van der Waals surface area contributed by atoms with E-state index in [2.05, 4.69) is 24.3 Å². The second kappa shape index (κ2) is 3.34. The van der Waals surface area contributed by atoms with Crippen LogP contribution in [0.2, 0.25) is 0 Å². The topological polar surface area (TPSA) is 0 Å². The molecular formula is C5H6Pd+2. The van der Waals surface area contributed by atoms with Crippen LogP contribution in [0, 0.1) is 0 Å². The van der Waals surface area contributed by atoms with Crippen molar-refractivity contribution in [1.29, 1.82) is 0 Å². The maximum Gasteiger partial charge on any atom is 2.00 e. The van der Waals surface area contributed by atoms with E-state index in [1.807, 2.05) is 0 Å². The van der Waals surface area contributed by atoms with Crippen LogP contribution in [0.4, 0.5) is 0 Å². The number of rotatable bonds is 0. The van der Waals surface area contributed by atoms with Gasteiger partial charge in [0.25, 0.3) is 0 Å². The summed E-state index contributed by atoms with van der Waals surface area (Å²) >= 11 is 0. The van der Waals surface area contributed by atoms with Gasteiger partial charge in [-0.2, -0.15) is 0 Å². The fraction of sp³-hybridized carbons (Fsp3) is 0.200. The fourth-order valence-corrected chi connectivity index (χ4v) is 0.393. The van der Waals surface area contributed by atoms with Crippen LogP contribution >= 0.6 is 0 Å². The third-order valence-electron chi connectivity index (χ3n) is 0.655. The van der Waals surface area contributed by atoms with Gasteiger partial charge in [-0.15, -0.1) is 0 Å². The minimum Gasteiger partial charge on any atom is -0.0808 e. The Bertz CT molecular complexity index is 62.0. The zero-order valence-corrected chi connectivity index (χ0v) is 4.89. The first kappa shape index (κ1) is 6.14. The van der Waals surface area contributed by atoms with E-state index in [0.717, 1.165) is 6.42 Å². The molecule has 34 valence electrons. The van der Waals surface area contributed by atoms with Gasteiger partial charge in [-0.1, -0.05) is 24.3 Å². The molecule has 0 aromatic rings. The molecule has 0 fully saturated rings. The van der Waals surface area contributed by atoms with Crippen LogP contribution < -0.4 is 0 Å². The van der Waals surface area contributed by atoms with Gasteiger partial charge in [-0.3, -0.25) is 0 Å². The summed E-state index contributed by atoms with van der Waals surface area (Å²) in [4.78, 5) is 0. The normalized spacial score (nSPS) is 14.7. The molecular weight excluding hydrogens is 166 g/mol. The van der Waals surface area contributed by atoms with Gasteiger partial charge in [0, 0.05) is 0 Å². The van der Waals surface area contributed by atoms with Crippen LogP contribution in [0.5, 0.6) is 0 Å². The van der Waals surface area contributed by atoms with Crippen LogP contribution in [0.1, 0.15) is 6.42 Å². The van der Waals surface area contributed by atoms with Gasteiger partial charge in [-0.05, 0) is 6.42 Å². The van der Waals surface area contributed by atoms with Gasteiger partial charge in [0.1, 0.15) is 0 Å². The molecule has 0 unspecified atom stereocenters. The van der Waals surface area contributed by atoms with E-state index in [1.54, 1.807) is 0 Å². The Labute approximate surface area is 51.6 Å². The van der Waals surface area contributed by atoms with Gasteiger partial charge in [0.2, 0.25) is 0 Å². The largest absolute Gasteiger partial charge is 2.00 e. The standard InChI is InChI=1S/C5H6.Pd/c1-2-4-5-3-1;/h1-4H,5H2;/q;+2. The van der Waals surface area contributed by atoms with Gasteiger partial charge < -0.3 is 0 Å². The van der Waals surface area contributed by atoms with E-state index in [0.29, 0.717) is 0 Å². The molecule has 1 rings (SSSR count). The molecule has 0 aromatic heterocycles. The average molecular weight is 173 g/mol. The van der Waals surface area contributed by atoms with Crippen molar-refractivity contribution in [3.8, 4) is 0 Å². The summed E-state index contributed by atoms with van der Waals surface area (Å²) in [7, 11) is 0. The second-order valence-electron chi connectivity index (χ2n) is 1.09. The van der Waals surface area contributed by atoms with Crippen LogP contribution in [0.3, 0.4) is 0 Å². The van der Waals surface area contributed by atoms with E-state index >= 15 is 0 Å². The number of hydrogen-bond donors (Lipinski definition) is 0. The molecule has 0 atom stereocenters. The smallest absolute Gasteiger partial charge is 0.0808 e. The molecule has 1 aliphatic rings. The molecule has 1 aliphatic carbocycles. The Balaban J connectivity index is 0.000000250. The zero-order valence-electron chi connectivity index (χ0n) is 3.33. The van der Waals surface area contributed by atoms with Gasteiger partial charge >= 0.3 is 20.4 Å². The van der Waals surface area contributed by atoms with Crippen molar-refractivity contribution >= 4 is 0 Å². The molecule has 0 nitrogen and oxygen atoms in total. The van der Waals surface area contributed by atoms with Crippen LogP contribution in [0.15, 0.2) is 24.3 Å². The molecule has 0 spiro atoms. The maximum absolute atomic E-state index is 2.12. The van der Waals surface area contributed by atoms with Crippen molar-refractivity contribution in [3.05, 3.63) is 24.3 Å². The molecule has 0 amide bonds. The fourth-order valence-electron chi connectivity index (χ4n) is 0.393. The first-order valence-corrected chi connectivity index (χ1v) is 1.82. The van der Waals surface area contributed by atoms with E-state index in [4.69, 9.17) is 0 Å². The second-order valence-corrected chi connectivity index (χ2v) is 1.09. The average Bonchev–Trinajstić information content (AvgIpc) is 1.76. The maximum atomic E-state index is 2.12. The number of allylic oxidation sites excluding steroid dienone is 4. The Kier molecular flexibility index (Phi) is 3.42. The quantitative estimate of drug-likeness (QED) is 0.486. The zero-order chi connectivity index (χ0) is 3.54. The number of hydrogen-bond acceptors (Lipinski definition) is 0. The van der Waals surface area contributed by atoms with E-state index in [-0.39, 0.29) is 20.4 Å². The van der Waals surface area contributed by atoms with Crippen LogP contribution in [-0.2, 0) is 20.4 Å². The molecule has 0 radical (unpaired) electrons. The van der Waals surface area contributed by atoms with Crippen molar-refractivity contribution in [2.45, 2.75) is 6.42 Å². The summed E-state index contributed by atoms with van der Waals surface area (Å²) in [6, 6.07) is 0. The SMILES string of the molecule is C1=CCC=C1.[Pd+2]. The molecule has 6 heavy (non-hydrogen) atoms. The summed E-state index contributed by atoms with van der Waals surface area (Å²) in [6.45, 7) is 0. The van der Waals surface area contributed by atoms with Crippen molar-refractivity contribution in [2.24, 2.45) is 0 Å². The van der Waals surface area contributed by atoms with E-state index in [1.165, 1.54) is 0 Å². The van der Waals surface area contributed by atoms with Gasteiger partial charge in [-0.25, -0.2) is 0 Å². The Morgan fingerprint density at radius 3 is 1.67 bits per heavy atom. The predicted octanol–water partition coefficient (Wildman–Crippen LogP) is 1.50. The summed E-state index contributed by atoms with van der Waals surface area (Å²) in [5.74, 6) is 0. The molecule has 0 bridgehead atoms.